The summed E-state index contributed by atoms with van der Waals surface area (Å²) in [5.41, 5.74) is 8.05. The maximum absolute atomic E-state index is 9.30. The summed E-state index contributed by atoms with van der Waals surface area (Å²) in [6.45, 7) is 0. The summed E-state index contributed by atoms with van der Waals surface area (Å²) in [5, 5.41) is 9.80. The van der Waals surface area contributed by atoms with Crippen LogP contribution in [-0.4, -0.2) is 4.98 Å². The van der Waals surface area contributed by atoms with Crippen molar-refractivity contribution in [3.05, 3.63) is 63.3 Å². The number of nitrogens with two attached hydrogens (primary N) is 1. The lowest BCUT2D eigenvalue weighted by molar-refractivity contribution is 1.31. The Balaban J connectivity index is 2.62. The second-order valence-electron chi connectivity index (χ2n) is 3.77. The molecule has 1 heterocycles. The minimum Gasteiger partial charge on any atom is -0.397 e. The average molecular weight is 335 g/mol. The topological polar surface area (TPSA) is 62.7 Å². The lowest BCUT2D eigenvalue weighted by Crippen LogP contribution is -2.01. The Morgan fingerprint density at radius 1 is 1.37 bits per heavy atom. The molecule has 0 fully saturated rings. The molecule has 0 aliphatic heterocycles. The van der Waals surface area contributed by atoms with Crippen molar-refractivity contribution >= 4 is 38.8 Å². The SMILES string of the molecule is N#C/C(=C(/N)c1cc(Br)ccc1Cl)c1cccnc1. The van der Waals surface area contributed by atoms with Gasteiger partial charge < -0.3 is 5.73 Å². The standard InChI is InChI=1S/C14H9BrClN3/c15-10-3-4-13(16)11(6-10)14(18)12(7-17)9-2-1-5-19-8-9/h1-6,8H,18H2/b14-12-. The van der Waals surface area contributed by atoms with Crippen molar-refractivity contribution in [3.63, 3.8) is 0 Å². The number of hydrogen-bond donors (Lipinski definition) is 1. The van der Waals surface area contributed by atoms with Gasteiger partial charge >= 0.3 is 0 Å². The Hall–Kier alpha value is -1.83. The molecule has 0 bridgehead atoms. The highest BCUT2D eigenvalue weighted by atomic mass is 79.9. The van der Waals surface area contributed by atoms with Crippen LogP contribution < -0.4 is 5.73 Å². The fourth-order valence-electron chi connectivity index (χ4n) is 1.63. The summed E-state index contributed by atoms with van der Waals surface area (Å²) in [6, 6.07) is 11.0. The van der Waals surface area contributed by atoms with Crippen molar-refractivity contribution in [2.45, 2.75) is 0 Å². The fraction of sp³-hybridized carbons (Fsp3) is 0. The Kier molecular flexibility index (Phi) is 4.20. The number of nitrogens with zero attached hydrogens (tertiary/aromatic N) is 2. The van der Waals surface area contributed by atoms with Gasteiger partial charge in [0.25, 0.3) is 0 Å². The molecule has 1 aromatic carbocycles. The van der Waals surface area contributed by atoms with E-state index in [4.69, 9.17) is 17.3 Å². The minimum absolute atomic E-state index is 0.335. The van der Waals surface area contributed by atoms with E-state index < -0.39 is 0 Å². The van der Waals surface area contributed by atoms with Crippen LogP contribution in [0.15, 0.2) is 47.2 Å². The van der Waals surface area contributed by atoms with E-state index in [9.17, 15) is 5.26 Å². The smallest absolute Gasteiger partial charge is 0.102 e. The molecule has 2 N–H and O–H groups in total. The van der Waals surface area contributed by atoms with Crippen LogP contribution in [0, 0.1) is 11.3 Å². The van der Waals surface area contributed by atoms with Crippen molar-refractivity contribution in [3.8, 4) is 6.07 Å². The Morgan fingerprint density at radius 3 is 2.79 bits per heavy atom. The Bertz CT molecular complexity index is 675. The maximum Gasteiger partial charge on any atom is 0.102 e. The van der Waals surface area contributed by atoms with Gasteiger partial charge in [-0.3, -0.25) is 4.98 Å². The molecule has 94 valence electrons. The molecule has 2 rings (SSSR count). The van der Waals surface area contributed by atoms with E-state index in [0.29, 0.717) is 27.4 Å². The predicted octanol–water partition coefficient (Wildman–Crippen LogP) is 3.85. The van der Waals surface area contributed by atoms with Gasteiger partial charge in [0.15, 0.2) is 0 Å². The average Bonchev–Trinajstić information content (AvgIpc) is 2.43. The van der Waals surface area contributed by atoms with Gasteiger partial charge in [-0.05, 0) is 24.3 Å². The summed E-state index contributed by atoms with van der Waals surface area (Å²) in [7, 11) is 0. The van der Waals surface area contributed by atoms with Crippen LogP contribution in [0.5, 0.6) is 0 Å². The molecule has 2 aromatic rings. The van der Waals surface area contributed by atoms with Crippen molar-refractivity contribution < 1.29 is 0 Å². The van der Waals surface area contributed by atoms with E-state index in [2.05, 4.69) is 27.0 Å². The maximum atomic E-state index is 9.30. The molecule has 5 heteroatoms. The van der Waals surface area contributed by atoms with E-state index in [1.54, 1.807) is 36.7 Å². The third-order valence-electron chi connectivity index (χ3n) is 2.55. The minimum atomic E-state index is 0.335. The van der Waals surface area contributed by atoms with E-state index in [1.165, 1.54) is 0 Å². The normalized spacial score (nSPS) is 11.6. The second-order valence-corrected chi connectivity index (χ2v) is 5.09. The first-order valence-corrected chi connectivity index (χ1v) is 6.56. The highest BCUT2D eigenvalue weighted by molar-refractivity contribution is 9.10. The zero-order chi connectivity index (χ0) is 13.8. The Morgan fingerprint density at radius 2 is 2.16 bits per heavy atom. The van der Waals surface area contributed by atoms with Gasteiger partial charge in [-0.25, -0.2) is 0 Å². The van der Waals surface area contributed by atoms with Crippen LogP contribution in [0.2, 0.25) is 5.02 Å². The van der Waals surface area contributed by atoms with Crippen LogP contribution in [-0.2, 0) is 0 Å². The third-order valence-corrected chi connectivity index (χ3v) is 3.37. The van der Waals surface area contributed by atoms with Crippen molar-refractivity contribution in [1.82, 2.24) is 4.98 Å². The van der Waals surface area contributed by atoms with Gasteiger partial charge in [0.05, 0.1) is 11.3 Å². The number of benzene rings is 1. The van der Waals surface area contributed by atoms with Gasteiger partial charge in [0.1, 0.15) is 6.07 Å². The largest absolute Gasteiger partial charge is 0.397 e. The van der Waals surface area contributed by atoms with Gasteiger partial charge in [0, 0.05) is 33.0 Å². The summed E-state index contributed by atoms with van der Waals surface area (Å²) in [4.78, 5) is 3.99. The van der Waals surface area contributed by atoms with Gasteiger partial charge in [-0.2, -0.15) is 5.26 Å². The highest BCUT2D eigenvalue weighted by Crippen LogP contribution is 2.29. The molecule has 0 saturated carbocycles. The van der Waals surface area contributed by atoms with Crippen molar-refractivity contribution in [1.29, 1.82) is 5.26 Å². The van der Waals surface area contributed by atoms with Crippen LogP contribution in [0.4, 0.5) is 0 Å². The number of aromatic nitrogens is 1. The van der Waals surface area contributed by atoms with Gasteiger partial charge in [0.2, 0.25) is 0 Å². The molecule has 1 aromatic heterocycles. The number of halogens is 2. The quantitative estimate of drug-likeness (QED) is 0.849. The number of allylic oxidation sites excluding steroid dienone is 1. The van der Waals surface area contributed by atoms with Crippen LogP contribution in [0.25, 0.3) is 11.3 Å². The van der Waals surface area contributed by atoms with Crippen LogP contribution in [0.3, 0.4) is 0 Å². The second kappa shape index (κ2) is 5.87. The lowest BCUT2D eigenvalue weighted by Gasteiger charge is -2.08. The number of pyridine rings is 1. The van der Waals surface area contributed by atoms with Gasteiger partial charge in [-0.15, -0.1) is 0 Å². The van der Waals surface area contributed by atoms with E-state index >= 15 is 0 Å². The van der Waals surface area contributed by atoms with Crippen LogP contribution >= 0.6 is 27.5 Å². The molecule has 19 heavy (non-hydrogen) atoms. The predicted molar refractivity (Wildman–Crippen MR) is 80.0 cm³/mol. The molecule has 3 nitrogen and oxygen atoms in total. The summed E-state index contributed by atoms with van der Waals surface area (Å²) >= 11 is 9.48. The summed E-state index contributed by atoms with van der Waals surface area (Å²) in [5.74, 6) is 0. The molecular weight excluding hydrogens is 326 g/mol. The fourth-order valence-corrected chi connectivity index (χ4v) is 2.21. The lowest BCUT2D eigenvalue weighted by atomic mass is 10.0. The van der Waals surface area contributed by atoms with E-state index in [0.717, 1.165) is 4.47 Å². The van der Waals surface area contributed by atoms with E-state index in [-0.39, 0.29) is 0 Å². The third kappa shape index (κ3) is 2.95. The first-order chi connectivity index (χ1) is 9.13. The molecular formula is C14H9BrClN3. The first kappa shape index (κ1) is 13.6. The zero-order valence-corrected chi connectivity index (χ0v) is 12.1. The molecule has 0 saturated heterocycles. The molecule has 0 unspecified atom stereocenters. The molecule has 0 aliphatic rings. The molecule has 0 spiro atoms. The first-order valence-electron chi connectivity index (χ1n) is 5.39. The molecule has 0 amide bonds. The molecule has 0 aliphatic carbocycles. The van der Waals surface area contributed by atoms with Crippen molar-refractivity contribution in [2.75, 3.05) is 0 Å². The summed E-state index contributed by atoms with van der Waals surface area (Å²) in [6.07, 6.45) is 3.23. The molecule has 0 atom stereocenters. The monoisotopic (exact) mass is 333 g/mol. The number of nitriles is 1. The van der Waals surface area contributed by atoms with E-state index in [1.807, 2.05) is 6.07 Å². The number of rotatable bonds is 2. The highest BCUT2D eigenvalue weighted by Gasteiger charge is 2.11. The van der Waals surface area contributed by atoms with Crippen LogP contribution in [0.1, 0.15) is 11.1 Å². The zero-order valence-electron chi connectivity index (χ0n) is 9.77. The number of hydrogen-bond acceptors (Lipinski definition) is 3. The summed E-state index contributed by atoms with van der Waals surface area (Å²) < 4.78 is 0.846. The van der Waals surface area contributed by atoms with Crippen molar-refractivity contribution in [2.24, 2.45) is 5.73 Å². The Labute approximate surface area is 124 Å². The van der Waals surface area contributed by atoms with Gasteiger partial charge in [-0.1, -0.05) is 33.6 Å². The molecule has 0 radical (unpaired) electrons.